The quantitative estimate of drug-likeness (QED) is 0.658. The van der Waals surface area contributed by atoms with Gasteiger partial charge in [0.1, 0.15) is 0 Å². The van der Waals surface area contributed by atoms with Gasteiger partial charge >= 0.3 is 0 Å². The zero-order chi connectivity index (χ0) is 11.5. The minimum Gasteiger partial charge on any atom is -0.0976 e. The molecule has 0 aliphatic rings. The third-order valence-corrected chi connectivity index (χ3v) is 3.41. The number of benzene rings is 1. The largest absolute Gasteiger partial charge is 0.0976 e. The Morgan fingerprint density at radius 1 is 1.00 bits per heavy atom. The molecule has 0 aliphatic heterocycles. The molecule has 1 aromatic rings. The van der Waals surface area contributed by atoms with E-state index in [-0.39, 0.29) is 5.41 Å². The van der Waals surface area contributed by atoms with Gasteiger partial charge in [-0.2, -0.15) is 0 Å². The SMILES string of the molecule is C[SiH](C)C=Cc1ccc(C(C)(C)C)cc1. The lowest BCUT2D eigenvalue weighted by Gasteiger charge is -2.18. The van der Waals surface area contributed by atoms with E-state index in [1.807, 2.05) is 0 Å². The Morgan fingerprint density at radius 2 is 1.53 bits per heavy atom. The van der Waals surface area contributed by atoms with Gasteiger partial charge in [0.05, 0.1) is 8.80 Å². The summed E-state index contributed by atoms with van der Waals surface area (Å²) in [7, 11) is -0.567. The smallest absolute Gasteiger partial charge is 0.0554 e. The molecule has 0 aliphatic carbocycles. The molecule has 1 heteroatoms. The summed E-state index contributed by atoms with van der Waals surface area (Å²) in [6, 6.07) is 8.91. The van der Waals surface area contributed by atoms with E-state index in [9.17, 15) is 0 Å². The van der Waals surface area contributed by atoms with E-state index >= 15 is 0 Å². The average molecular weight is 218 g/mol. The number of hydrogen-bond acceptors (Lipinski definition) is 0. The molecule has 0 radical (unpaired) electrons. The number of hydrogen-bond donors (Lipinski definition) is 0. The maximum atomic E-state index is 2.37. The van der Waals surface area contributed by atoms with Crippen LogP contribution in [0.3, 0.4) is 0 Å². The molecular weight excluding hydrogens is 196 g/mol. The van der Waals surface area contributed by atoms with Crippen molar-refractivity contribution < 1.29 is 0 Å². The average Bonchev–Trinajstić information content (AvgIpc) is 2.14. The summed E-state index contributed by atoms with van der Waals surface area (Å²) in [5.74, 6) is 0. The summed E-state index contributed by atoms with van der Waals surface area (Å²) in [6.07, 6.45) is 2.25. The van der Waals surface area contributed by atoms with Crippen LogP contribution in [0.1, 0.15) is 31.9 Å². The van der Waals surface area contributed by atoms with E-state index < -0.39 is 8.80 Å². The van der Waals surface area contributed by atoms with Crippen LogP contribution in [0.25, 0.3) is 6.08 Å². The van der Waals surface area contributed by atoms with Gasteiger partial charge in [-0.25, -0.2) is 0 Å². The minimum absolute atomic E-state index is 0.259. The fraction of sp³-hybridized carbons (Fsp3) is 0.429. The highest BCUT2D eigenvalue weighted by molar-refractivity contribution is 6.62. The van der Waals surface area contributed by atoms with Crippen LogP contribution < -0.4 is 0 Å². The third kappa shape index (κ3) is 4.04. The Balaban J connectivity index is 2.82. The van der Waals surface area contributed by atoms with E-state index in [4.69, 9.17) is 0 Å². The van der Waals surface area contributed by atoms with E-state index in [2.05, 4.69) is 69.9 Å². The van der Waals surface area contributed by atoms with E-state index in [1.165, 1.54) is 11.1 Å². The van der Waals surface area contributed by atoms with Crippen molar-refractivity contribution in [3.05, 3.63) is 41.1 Å². The lowest BCUT2D eigenvalue weighted by molar-refractivity contribution is 0.590. The Bertz CT molecular complexity index is 325. The highest BCUT2D eigenvalue weighted by Crippen LogP contribution is 2.22. The second kappa shape index (κ2) is 4.80. The summed E-state index contributed by atoms with van der Waals surface area (Å²) < 4.78 is 0. The molecule has 0 spiro atoms. The molecule has 0 heterocycles. The highest BCUT2D eigenvalue weighted by atomic mass is 28.3. The maximum absolute atomic E-state index is 2.37. The first kappa shape index (κ1) is 12.2. The molecule has 0 saturated carbocycles. The van der Waals surface area contributed by atoms with Gasteiger partial charge in [0, 0.05) is 0 Å². The van der Waals surface area contributed by atoms with Crippen molar-refractivity contribution in [2.45, 2.75) is 39.3 Å². The predicted octanol–water partition coefficient (Wildman–Crippen LogP) is 4.02. The van der Waals surface area contributed by atoms with Crippen LogP contribution in [0.15, 0.2) is 30.0 Å². The molecule has 0 amide bonds. The molecule has 0 bridgehead atoms. The van der Waals surface area contributed by atoms with Crippen molar-refractivity contribution in [3.8, 4) is 0 Å². The lowest BCUT2D eigenvalue weighted by atomic mass is 9.87. The van der Waals surface area contributed by atoms with Crippen molar-refractivity contribution in [2.75, 3.05) is 0 Å². The van der Waals surface area contributed by atoms with Crippen molar-refractivity contribution in [1.29, 1.82) is 0 Å². The molecule has 15 heavy (non-hydrogen) atoms. The topological polar surface area (TPSA) is 0 Å². The molecule has 1 aromatic carbocycles. The summed E-state index contributed by atoms with van der Waals surface area (Å²) in [6.45, 7) is 11.4. The van der Waals surface area contributed by atoms with Gasteiger partial charge in [0.2, 0.25) is 0 Å². The van der Waals surface area contributed by atoms with Crippen molar-refractivity contribution in [1.82, 2.24) is 0 Å². The molecule has 82 valence electrons. The number of rotatable bonds is 2. The summed E-state index contributed by atoms with van der Waals surface area (Å²) in [5, 5.41) is 0. The highest BCUT2D eigenvalue weighted by Gasteiger charge is 2.12. The Morgan fingerprint density at radius 3 is 1.93 bits per heavy atom. The van der Waals surface area contributed by atoms with Crippen LogP contribution in [-0.4, -0.2) is 8.80 Å². The van der Waals surface area contributed by atoms with Crippen LogP contribution in [0, 0.1) is 0 Å². The fourth-order valence-corrected chi connectivity index (χ4v) is 2.00. The third-order valence-electron chi connectivity index (χ3n) is 2.45. The molecule has 1 rings (SSSR count). The van der Waals surface area contributed by atoms with E-state index in [0.717, 1.165) is 0 Å². The molecule has 0 unspecified atom stereocenters. The van der Waals surface area contributed by atoms with Crippen LogP contribution >= 0.6 is 0 Å². The second-order valence-corrected chi connectivity index (χ2v) is 8.35. The zero-order valence-corrected chi connectivity index (χ0v) is 11.7. The summed E-state index contributed by atoms with van der Waals surface area (Å²) >= 11 is 0. The van der Waals surface area contributed by atoms with Gasteiger partial charge in [-0.3, -0.25) is 0 Å². The molecule has 0 nitrogen and oxygen atoms in total. The summed E-state index contributed by atoms with van der Waals surface area (Å²) in [5.41, 5.74) is 5.35. The van der Waals surface area contributed by atoms with Crippen LogP contribution in [0.5, 0.6) is 0 Å². The van der Waals surface area contributed by atoms with Gasteiger partial charge in [-0.15, -0.1) is 0 Å². The first-order valence-corrected chi connectivity index (χ1v) is 8.66. The maximum Gasteiger partial charge on any atom is 0.0554 e. The van der Waals surface area contributed by atoms with Gasteiger partial charge in [0.25, 0.3) is 0 Å². The van der Waals surface area contributed by atoms with Gasteiger partial charge in [-0.1, -0.05) is 69.9 Å². The molecule has 0 atom stereocenters. The Labute approximate surface area is 95.6 Å². The van der Waals surface area contributed by atoms with Crippen LogP contribution in [0.2, 0.25) is 13.1 Å². The first-order valence-electron chi connectivity index (χ1n) is 5.68. The molecular formula is C14H22Si. The zero-order valence-electron chi connectivity index (χ0n) is 10.5. The predicted molar refractivity (Wildman–Crippen MR) is 73.1 cm³/mol. The lowest BCUT2D eigenvalue weighted by Crippen LogP contribution is -2.10. The van der Waals surface area contributed by atoms with Crippen molar-refractivity contribution in [2.24, 2.45) is 0 Å². The van der Waals surface area contributed by atoms with E-state index in [1.54, 1.807) is 0 Å². The van der Waals surface area contributed by atoms with Crippen LogP contribution in [0.4, 0.5) is 0 Å². The standard InChI is InChI=1S/C14H22Si/c1-14(2,3)13-8-6-12(7-9-13)10-11-15(4)5/h6-11,15H,1-5H3. The van der Waals surface area contributed by atoms with Gasteiger partial charge < -0.3 is 0 Å². The first-order chi connectivity index (χ1) is 6.89. The monoisotopic (exact) mass is 218 g/mol. The van der Waals surface area contributed by atoms with Gasteiger partial charge in [-0.05, 0) is 16.5 Å². The van der Waals surface area contributed by atoms with Crippen LogP contribution in [-0.2, 0) is 5.41 Å². The second-order valence-electron chi connectivity index (χ2n) is 5.48. The van der Waals surface area contributed by atoms with E-state index in [0.29, 0.717) is 0 Å². The minimum atomic E-state index is -0.567. The Kier molecular flexibility index (Phi) is 3.92. The Hall–Kier alpha value is -0.823. The normalized spacial score (nSPS) is 12.7. The summed E-state index contributed by atoms with van der Waals surface area (Å²) in [4.78, 5) is 0. The molecule has 0 N–H and O–H groups in total. The molecule has 0 fully saturated rings. The van der Waals surface area contributed by atoms with Gasteiger partial charge in [0.15, 0.2) is 0 Å². The van der Waals surface area contributed by atoms with Crippen molar-refractivity contribution in [3.63, 3.8) is 0 Å². The fourth-order valence-electron chi connectivity index (χ4n) is 1.40. The molecule has 0 saturated heterocycles. The van der Waals surface area contributed by atoms with Crippen molar-refractivity contribution >= 4 is 14.9 Å². The molecule has 0 aromatic heterocycles.